The van der Waals surface area contributed by atoms with Crippen LogP contribution in [-0.4, -0.2) is 39.1 Å². The zero-order valence-electron chi connectivity index (χ0n) is 17.7. The molecule has 3 aromatic rings. The zero-order valence-corrected chi connectivity index (χ0v) is 17.7. The summed E-state index contributed by atoms with van der Waals surface area (Å²) in [5.41, 5.74) is 2.26. The van der Waals surface area contributed by atoms with E-state index in [9.17, 15) is 18.7 Å². The van der Waals surface area contributed by atoms with Gasteiger partial charge in [0.15, 0.2) is 0 Å². The third-order valence-corrected chi connectivity index (χ3v) is 6.66. The maximum atomic E-state index is 14.5. The molecule has 1 amide bonds. The molecule has 2 aliphatic rings. The molecule has 3 heterocycles. The van der Waals surface area contributed by atoms with Gasteiger partial charge in [0.05, 0.1) is 24.0 Å². The van der Waals surface area contributed by atoms with Crippen LogP contribution in [0.15, 0.2) is 42.7 Å². The molecule has 2 aromatic heterocycles. The quantitative estimate of drug-likeness (QED) is 0.644. The van der Waals surface area contributed by atoms with Crippen LogP contribution in [0, 0.1) is 11.6 Å². The highest BCUT2D eigenvalue weighted by Gasteiger charge is 2.29. The molecule has 2 N–H and O–H groups in total. The summed E-state index contributed by atoms with van der Waals surface area (Å²) in [6.45, 7) is 0.715. The average Bonchev–Trinajstić information content (AvgIpc) is 3.43. The molecule has 168 valence electrons. The van der Waals surface area contributed by atoms with Crippen LogP contribution >= 0.6 is 0 Å². The fourth-order valence-corrected chi connectivity index (χ4v) is 4.96. The fraction of sp³-hybridized carbons (Fsp3) is 0.417. The number of halogens is 2. The molecule has 1 saturated heterocycles. The van der Waals surface area contributed by atoms with Crippen LogP contribution in [0.4, 0.5) is 14.5 Å². The van der Waals surface area contributed by atoms with Gasteiger partial charge in [-0.1, -0.05) is 0 Å². The Morgan fingerprint density at radius 3 is 2.72 bits per heavy atom. The van der Waals surface area contributed by atoms with Gasteiger partial charge >= 0.3 is 0 Å². The molecule has 0 bridgehead atoms. The number of aliphatic hydroxyl groups is 1. The summed E-state index contributed by atoms with van der Waals surface area (Å²) in [4.78, 5) is 19.3. The number of nitrogens with one attached hydrogen (secondary N) is 1. The minimum atomic E-state index is -0.451. The third-order valence-electron chi connectivity index (χ3n) is 6.66. The van der Waals surface area contributed by atoms with Gasteiger partial charge in [-0.25, -0.2) is 13.8 Å². The second kappa shape index (κ2) is 8.50. The second-order valence-corrected chi connectivity index (χ2v) is 8.76. The third kappa shape index (κ3) is 3.95. The Morgan fingerprint density at radius 1 is 1.09 bits per heavy atom. The number of pyridine rings is 1. The first-order valence-corrected chi connectivity index (χ1v) is 11.2. The van der Waals surface area contributed by atoms with Crippen LogP contribution in [-0.2, 0) is 0 Å². The van der Waals surface area contributed by atoms with Crippen molar-refractivity contribution in [3.8, 4) is 0 Å². The summed E-state index contributed by atoms with van der Waals surface area (Å²) in [7, 11) is 0. The Labute approximate surface area is 184 Å². The molecule has 1 aromatic carbocycles. The summed E-state index contributed by atoms with van der Waals surface area (Å²) < 4.78 is 30.0. The topological polar surface area (TPSA) is 69.9 Å². The SMILES string of the molecule is O=C(NC1CCC(O)CC1)c1cnc2ccc(N3CCC[C@@H]3c3cc(F)ccc3F)cn12. The molecule has 0 spiro atoms. The van der Waals surface area contributed by atoms with E-state index in [1.807, 2.05) is 18.3 Å². The number of carbonyl (C=O) groups is 1. The van der Waals surface area contributed by atoms with Gasteiger partial charge in [0.1, 0.15) is 23.0 Å². The lowest BCUT2D eigenvalue weighted by atomic mass is 9.93. The van der Waals surface area contributed by atoms with Crippen molar-refractivity contribution < 1.29 is 18.7 Å². The number of fused-ring (bicyclic) bond motifs is 1. The molecule has 32 heavy (non-hydrogen) atoms. The molecule has 1 aliphatic heterocycles. The van der Waals surface area contributed by atoms with Gasteiger partial charge in [0, 0.05) is 24.3 Å². The van der Waals surface area contributed by atoms with E-state index < -0.39 is 11.6 Å². The van der Waals surface area contributed by atoms with Gasteiger partial charge in [0.25, 0.3) is 5.91 Å². The lowest BCUT2D eigenvalue weighted by molar-refractivity contribution is 0.0862. The van der Waals surface area contributed by atoms with Crippen molar-refractivity contribution in [2.75, 3.05) is 11.4 Å². The molecule has 0 unspecified atom stereocenters. The van der Waals surface area contributed by atoms with E-state index in [1.165, 1.54) is 12.1 Å². The van der Waals surface area contributed by atoms with E-state index in [1.54, 1.807) is 10.6 Å². The summed E-state index contributed by atoms with van der Waals surface area (Å²) >= 11 is 0. The van der Waals surface area contributed by atoms with E-state index in [2.05, 4.69) is 15.2 Å². The second-order valence-electron chi connectivity index (χ2n) is 8.76. The van der Waals surface area contributed by atoms with Gasteiger partial charge < -0.3 is 15.3 Å². The van der Waals surface area contributed by atoms with Crippen molar-refractivity contribution in [1.29, 1.82) is 0 Å². The smallest absolute Gasteiger partial charge is 0.270 e. The minimum Gasteiger partial charge on any atom is -0.393 e. The van der Waals surface area contributed by atoms with Crippen molar-refractivity contribution in [1.82, 2.24) is 14.7 Å². The van der Waals surface area contributed by atoms with Crippen LogP contribution in [0.25, 0.3) is 5.65 Å². The number of amides is 1. The van der Waals surface area contributed by atoms with Crippen molar-refractivity contribution in [3.05, 3.63) is 65.6 Å². The molecule has 1 aliphatic carbocycles. The van der Waals surface area contributed by atoms with Crippen molar-refractivity contribution in [2.45, 2.75) is 56.7 Å². The molecule has 5 rings (SSSR count). The number of carbonyl (C=O) groups excluding carboxylic acids is 1. The lowest BCUT2D eigenvalue weighted by Crippen LogP contribution is -2.39. The average molecular weight is 440 g/mol. The number of aromatic nitrogens is 2. The molecular formula is C24H26F2N4O2. The number of aliphatic hydroxyl groups excluding tert-OH is 1. The maximum absolute atomic E-state index is 14.5. The van der Waals surface area contributed by atoms with E-state index >= 15 is 0 Å². The van der Waals surface area contributed by atoms with Crippen molar-refractivity contribution in [3.63, 3.8) is 0 Å². The Balaban J connectivity index is 1.42. The maximum Gasteiger partial charge on any atom is 0.270 e. The van der Waals surface area contributed by atoms with Gasteiger partial charge in [-0.2, -0.15) is 0 Å². The van der Waals surface area contributed by atoms with Crippen LogP contribution in [0.5, 0.6) is 0 Å². The highest BCUT2D eigenvalue weighted by Crippen LogP contribution is 2.37. The largest absolute Gasteiger partial charge is 0.393 e. The van der Waals surface area contributed by atoms with Crippen molar-refractivity contribution in [2.24, 2.45) is 0 Å². The molecular weight excluding hydrogens is 414 g/mol. The summed E-state index contributed by atoms with van der Waals surface area (Å²) in [6, 6.07) is 7.09. The highest BCUT2D eigenvalue weighted by atomic mass is 19.1. The fourth-order valence-electron chi connectivity index (χ4n) is 4.96. The van der Waals surface area contributed by atoms with Crippen molar-refractivity contribution >= 4 is 17.2 Å². The van der Waals surface area contributed by atoms with E-state index in [0.29, 0.717) is 36.3 Å². The van der Waals surface area contributed by atoms with E-state index in [-0.39, 0.29) is 24.1 Å². The van der Waals surface area contributed by atoms with Gasteiger partial charge in [-0.3, -0.25) is 9.20 Å². The van der Waals surface area contributed by atoms with Crippen LogP contribution < -0.4 is 10.2 Å². The first kappa shape index (κ1) is 20.9. The summed E-state index contributed by atoms with van der Waals surface area (Å²) in [5, 5.41) is 12.7. The lowest BCUT2D eigenvalue weighted by Gasteiger charge is -2.28. The van der Waals surface area contributed by atoms with E-state index in [4.69, 9.17) is 0 Å². The Bertz CT molecular complexity index is 1140. The van der Waals surface area contributed by atoms with E-state index in [0.717, 1.165) is 37.4 Å². The summed E-state index contributed by atoms with van der Waals surface area (Å²) in [5.74, 6) is -1.07. The minimum absolute atomic E-state index is 0.0403. The number of hydrogen-bond acceptors (Lipinski definition) is 4. The Kier molecular flexibility index (Phi) is 5.55. The Morgan fingerprint density at radius 2 is 1.91 bits per heavy atom. The molecule has 0 radical (unpaired) electrons. The predicted molar refractivity (Wildman–Crippen MR) is 117 cm³/mol. The first-order valence-electron chi connectivity index (χ1n) is 11.2. The Hall–Kier alpha value is -3.00. The van der Waals surface area contributed by atoms with Gasteiger partial charge in [-0.05, 0) is 68.9 Å². The highest BCUT2D eigenvalue weighted by molar-refractivity contribution is 5.93. The number of anilines is 1. The predicted octanol–water partition coefficient (Wildman–Crippen LogP) is 3.99. The zero-order chi connectivity index (χ0) is 22.2. The standard InChI is InChI=1S/C24H26F2N4O2/c25-15-3-9-20(26)19(12-15)21-2-1-11-29(21)17-6-10-23-27-13-22(30(23)14-17)24(32)28-16-4-7-18(31)8-5-16/h3,6,9-10,12-14,16,18,21,31H,1-2,4-5,7-8,11H2,(H,28,32)/t16?,18?,21-/m1/s1. The van der Waals surface area contributed by atoms with Gasteiger partial charge in [-0.15, -0.1) is 0 Å². The number of nitrogens with zero attached hydrogens (tertiary/aromatic N) is 3. The van der Waals surface area contributed by atoms with Crippen LogP contribution in [0.3, 0.4) is 0 Å². The number of hydrogen-bond donors (Lipinski definition) is 2. The molecule has 8 heteroatoms. The van der Waals surface area contributed by atoms with Crippen LogP contribution in [0.1, 0.15) is 60.6 Å². The van der Waals surface area contributed by atoms with Crippen LogP contribution in [0.2, 0.25) is 0 Å². The molecule has 2 fully saturated rings. The molecule has 1 atom stereocenters. The molecule has 6 nitrogen and oxygen atoms in total. The number of benzene rings is 1. The molecule has 1 saturated carbocycles. The normalized spacial score (nSPS) is 23.6. The number of rotatable bonds is 4. The monoisotopic (exact) mass is 440 g/mol. The number of imidazole rings is 1. The summed E-state index contributed by atoms with van der Waals surface area (Å²) in [6.07, 6.45) is 7.60. The van der Waals surface area contributed by atoms with Gasteiger partial charge in [0.2, 0.25) is 0 Å². The first-order chi connectivity index (χ1) is 15.5.